The van der Waals surface area contributed by atoms with Crippen LogP contribution in [0.3, 0.4) is 0 Å². The molecule has 1 aromatic carbocycles. The van der Waals surface area contributed by atoms with Crippen LogP contribution in [0, 0.1) is 10.1 Å². The van der Waals surface area contributed by atoms with Crippen molar-refractivity contribution in [3.63, 3.8) is 0 Å². The number of hydrogen-bond donors (Lipinski definition) is 2. The molecule has 2 aromatic rings. The number of amides is 2. The Morgan fingerprint density at radius 2 is 1.82 bits per heavy atom. The number of nitro benzene ring substituents is 1. The van der Waals surface area contributed by atoms with Crippen molar-refractivity contribution in [2.45, 2.75) is 12.8 Å². The van der Waals surface area contributed by atoms with E-state index in [0.717, 1.165) is 17.2 Å². The Bertz CT molecular complexity index is 821. The van der Waals surface area contributed by atoms with Gasteiger partial charge in [-0.15, -0.1) is 11.3 Å². The number of nitrogens with one attached hydrogen (secondary N) is 2. The highest BCUT2D eigenvalue weighted by molar-refractivity contribution is 7.95. The number of thiazole rings is 1. The maximum atomic E-state index is 12.1. The molecule has 0 saturated heterocycles. The van der Waals surface area contributed by atoms with Crippen LogP contribution in [0.25, 0.3) is 0 Å². The average Bonchev–Trinajstić information content (AvgIpc) is 3.14. The lowest BCUT2D eigenvalue weighted by Gasteiger charge is -2.04. The summed E-state index contributed by atoms with van der Waals surface area (Å²) < 4.78 is 0. The van der Waals surface area contributed by atoms with Gasteiger partial charge in [0, 0.05) is 49.0 Å². The summed E-state index contributed by atoms with van der Waals surface area (Å²) in [5, 5.41) is 18.7. The third-order valence-corrected chi connectivity index (χ3v) is 5.78. The number of carbonyl (C=O) groups excluding carboxylic acids is 2. The van der Waals surface area contributed by atoms with E-state index in [-0.39, 0.29) is 17.5 Å². The van der Waals surface area contributed by atoms with Gasteiger partial charge < -0.3 is 10.6 Å². The van der Waals surface area contributed by atoms with Crippen molar-refractivity contribution < 1.29 is 14.5 Å². The van der Waals surface area contributed by atoms with Crippen LogP contribution in [-0.4, -0.2) is 53.1 Å². The van der Waals surface area contributed by atoms with Gasteiger partial charge in [0.15, 0.2) is 0 Å². The Hall–Kier alpha value is -2.46. The van der Waals surface area contributed by atoms with E-state index in [4.69, 9.17) is 0 Å². The molecule has 0 atom stereocenters. The van der Waals surface area contributed by atoms with Gasteiger partial charge in [-0.3, -0.25) is 19.7 Å². The number of nitro groups is 1. The van der Waals surface area contributed by atoms with Crippen molar-refractivity contribution in [2.75, 3.05) is 31.4 Å². The summed E-state index contributed by atoms with van der Waals surface area (Å²) in [5.74, 6) is 0.608. The molecule has 2 rings (SSSR count). The van der Waals surface area contributed by atoms with Gasteiger partial charge in [-0.05, 0) is 23.0 Å². The largest absolute Gasteiger partial charge is 0.352 e. The van der Waals surface area contributed by atoms with Crippen molar-refractivity contribution in [1.82, 2.24) is 15.6 Å². The molecule has 1 heterocycles. The first-order chi connectivity index (χ1) is 13.4. The van der Waals surface area contributed by atoms with Crippen LogP contribution in [0.5, 0.6) is 0 Å². The normalized spacial score (nSPS) is 10.7. The SMILES string of the molecule is C[S+](C)CCCNC(=O)c1csc(CCNC(=O)c2ccc([N+](=O)[O-])cc2)n1. The molecule has 28 heavy (non-hydrogen) atoms. The lowest BCUT2D eigenvalue weighted by atomic mass is 10.2. The molecule has 0 aliphatic carbocycles. The number of non-ortho nitro benzene ring substituents is 1. The molecule has 0 bridgehead atoms. The van der Waals surface area contributed by atoms with Crippen LogP contribution in [0.4, 0.5) is 5.69 Å². The Labute approximate surface area is 170 Å². The maximum absolute atomic E-state index is 12.1. The first-order valence-electron chi connectivity index (χ1n) is 8.66. The fourth-order valence-electron chi connectivity index (χ4n) is 2.30. The molecular weight excluding hydrogens is 400 g/mol. The van der Waals surface area contributed by atoms with Gasteiger partial charge in [-0.1, -0.05) is 0 Å². The molecule has 0 radical (unpaired) electrons. The summed E-state index contributed by atoms with van der Waals surface area (Å²) in [5.41, 5.74) is 0.690. The number of benzene rings is 1. The van der Waals surface area contributed by atoms with Crippen LogP contribution in [-0.2, 0) is 17.3 Å². The Balaban J connectivity index is 1.75. The zero-order valence-electron chi connectivity index (χ0n) is 15.8. The molecular formula is C18H23N4O4S2+. The fraction of sp³-hybridized carbons (Fsp3) is 0.389. The first kappa shape index (κ1) is 21.8. The van der Waals surface area contributed by atoms with E-state index in [0.29, 0.717) is 41.7 Å². The molecule has 0 saturated carbocycles. The van der Waals surface area contributed by atoms with Gasteiger partial charge >= 0.3 is 0 Å². The molecule has 0 unspecified atom stereocenters. The van der Waals surface area contributed by atoms with Gasteiger partial charge in [0.2, 0.25) is 0 Å². The highest BCUT2D eigenvalue weighted by atomic mass is 32.2. The molecule has 1 aromatic heterocycles. The average molecular weight is 424 g/mol. The Morgan fingerprint density at radius 1 is 1.14 bits per heavy atom. The Kier molecular flexibility index (Phi) is 8.40. The lowest BCUT2D eigenvalue weighted by Crippen LogP contribution is -2.26. The quantitative estimate of drug-likeness (QED) is 0.263. The first-order valence-corrected chi connectivity index (χ1v) is 11.7. The topological polar surface area (TPSA) is 114 Å². The number of hydrogen-bond acceptors (Lipinski definition) is 6. The minimum absolute atomic E-state index is 0.0604. The molecule has 0 aliphatic heterocycles. The minimum atomic E-state index is -0.511. The molecule has 0 fully saturated rings. The van der Waals surface area contributed by atoms with E-state index < -0.39 is 4.92 Å². The van der Waals surface area contributed by atoms with Crippen LogP contribution in [0.2, 0.25) is 0 Å². The number of rotatable bonds is 10. The predicted octanol–water partition coefficient (Wildman–Crippen LogP) is 2.02. The lowest BCUT2D eigenvalue weighted by molar-refractivity contribution is -0.384. The van der Waals surface area contributed by atoms with Gasteiger partial charge in [-0.2, -0.15) is 0 Å². The molecule has 0 spiro atoms. The van der Waals surface area contributed by atoms with Gasteiger partial charge in [-0.25, -0.2) is 4.98 Å². The molecule has 10 heteroatoms. The highest BCUT2D eigenvalue weighted by Gasteiger charge is 2.12. The number of aromatic nitrogens is 1. The zero-order valence-corrected chi connectivity index (χ0v) is 17.4. The van der Waals surface area contributed by atoms with E-state index in [9.17, 15) is 19.7 Å². The van der Waals surface area contributed by atoms with E-state index in [1.165, 1.54) is 35.6 Å². The molecule has 150 valence electrons. The highest BCUT2D eigenvalue weighted by Crippen LogP contribution is 2.12. The number of nitrogens with zero attached hydrogens (tertiary/aromatic N) is 2. The van der Waals surface area contributed by atoms with Crippen molar-refractivity contribution in [1.29, 1.82) is 0 Å². The molecule has 2 amide bonds. The summed E-state index contributed by atoms with van der Waals surface area (Å²) in [4.78, 5) is 38.6. The monoisotopic (exact) mass is 423 g/mol. The van der Waals surface area contributed by atoms with Crippen LogP contribution in [0.1, 0.15) is 32.3 Å². The van der Waals surface area contributed by atoms with Crippen molar-refractivity contribution >= 4 is 39.7 Å². The summed E-state index contributed by atoms with van der Waals surface area (Å²) in [6.07, 6.45) is 5.81. The summed E-state index contributed by atoms with van der Waals surface area (Å²) in [7, 11) is 0.375. The fourth-order valence-corrected chi connectivity index (χ4v) is 3.80. The summed E-state index contributed by atoms with van der Waals surface area (Å²) >= 11 is 1.38. The van der Waals surface area contributed by atoms with Crippen LogP contribution in [0.15, 0.2) is 29.6 Å². The van der Waals surface area contributed by atoms with Gasteiger partial charge in [0.1, 0.15) is 11.4 Å². The van der Waals surface area contributed by atoms with Crippen molar-refractivity contribution in [2.24, 2.45) is 0 Å². The summed E-state index contributed by atoms with van der Waals surface area (Å²) in [6, 6.07) is 5.42. The second-order valence-corrected chi connectivity index (χ2v) is 9.56. The van der Waals surface area contributed by atoms with Crippen LogP contribution < -0.4 is 10.6 Å². The molecule has 0 aliphatic rings. The van der Waals surface area contributed by atoms with E-state index >= 15 is 0 Å². The van der Waals surface area contributed by atoms with E-state index in [2.05, 4.69) is 28.1 Å². The van der Waals surface area contributed by atoms with E-state index in [1.807, 2.05) is 0 Å². The maximum Gasteiger partial charge on any atom is 0.270 e. The second-order valence-electron chi connectivity index (χ2n) is 6.24. The molecule has 8 nitrogen and oxygen atoms in total. The summed E-state index contributed by atoms with van der Waals surface area (Å²) in [6.45, 7) is 1.00. The van der Waals surface area contributed by atoms with Gasteiger partial charge in [0.25, 0.3) is 17.5 Å². The Morgan fingerprint density at radius 3 is 2.46 bits per heavy atom. The van der Waals surface area contributed by atoms with Crippen molar-refractivity contribution in [3.8, 4) is 0 Å². The predicted molar refractivity (Wildman–Crippen MR) is 112 cm³/mol. The number of carbonyl (C=O) groups is 2. The standard InChI is InChI=1S/C18H22N4O4S2/c1-28(2)11-3-9-19-18(24)15-12-27-16(21-15)8-10-20-17(23)13-4-6-14(7-5-13)22(25)26/h4-7,12H,3,8-11H2,1-2H3,(H-,19,20,23,24)/p+1. The van der Waals surface area contributed by atoms with Crippen molar-refractivity contribution in [3.05, 3.63) is 56.0 Å². The van der Waals surface area contributed by atoms with Gasteiger partial charge in [0.05, 0.1) is 22.4 Å². The third kappa shape index (κ3) is 6.93. The third-order valence-electron chi connectivity index (χ3n) is 3.76. The smallest absolute Gasteiger partial charge is 0.270 e. The minimum Gasteiger partial charge on any atom is -0.352 e. The second kappa shape index (κ2) is 10.8. The van der Waals surface area contributed by atoms with Crippen LogP contribution >= 0.6 is 11.3 Å². The van der Waals surface area contributed by atoms with E-state index in [1.54, 1.807) is 5.38 Å². The molecule has 2 N–H and O–H groups in total. The zero-order chi connectivity index (χ0) is 20.5.